The average Bonchev–Trinajstić information content (AvgIpc) is 2.50. The first kappa shape index (κ1) is 14.1. The molecule has 0 saturated heterocycles. The second-order valence-corrected chi connectivity index (χ2v) is 5.17. The molecule has 0 bridgehead atoms. The van der Waals surface area contributed by atoms with Crippen LogP contribution in [0.2, 0.25) is 0 Å². The molecule has 0 aromatic heterocycles. The third kappa shape index (κ3) is 3.81. The Bertz CT molecular complexity index is 468. The van der Waals surface area contributed by atoms with E-state index in [1.165, 1.54) is 16.7 Å². The zero-order valence-electron chi connectivity index (χ0n) is 11.2. The van der Waals surface area contributed by atoms with Crippen LogP contribution in [0.3, 0.4) is 0 Å². The Morgan fingerprint density at radius 2 is 1.42 bits per heavy atom. The maximum atomic E-state index is 3.58. The molecule has 0 aliphatic rings. The van der Waals surface area contributed by atoms with Crippen molar-refractivity contribution in [1.82, 2.24) is 0 Å². The first-order chi connectivity index (χ1) is 9.35. The van der Waals surface area contributed by atoms with E-state index in [1.54, 1.807) is 0 Å². The molecule has 2 aromatic rings. The molecule has 2 rings (SSSR count). The van der Waals surface area contributed by atoms with Gasteiger partial charge in [0.15, 0.2) is 0 Å². The van der Waals surface area contributed by atoms with Gasteiger partial charge in [0, 0.05) is 11.2 Å². The summed E-state index contributed by atoms with van der Waals surface area (Å²) < 4.78 is 0. The van der Waals surface area contributed by atoms with Crippen molar-refractivity contribution in [2.45, 2.75) is 19.3 Å². The molecule has 0 amide bonds. The van der Waals surface area contributed by atoms with Gasteiger partial charge in [-0.3, -0.25) is 0 Å². The van der Waals surface area contributed by atoms with Crippen LogP contribution in [0, 0.1) is 0 Å². The molecule has 2 aromatic carbocycles. The lowest BCUT2D eigenvalue weighted by atomic mass is 9.89. The Labute approximate surface area is 124 Å². The van der Waals surface area contributed by atoms with Gasteiger partial charge in [-0.2, -0.15) is 0 Å². The maximum Gasteiger partial charge on any atom is 0.0272 e. The smallest absolute Gasteiger partial charge is 0.0272 e. The molecule has 0 fully saturated rings. The molecule has 0 heterocycles. The number of benzene rings is 2. The minimum Gasteiger partial charge on any atom is -0.0880 e. The summed E-state index contributed by atoms with van der Waals surface area (Å²) in [6.45, 7) is 2.21. The zero-order chi connectivity index (χ0) is 13.5. The average molecular weight is 315 g/mol. The van der Waals surface area contributed by atoms with E-state index in [4.69, 9.17) is 0 Å². The minimum atomic E-state index is 0.342. The van der Waals surface area contributed by atoms with Gasteiger partial charge in [-0.25, -0.2) is 0 Å². The SMILES string of the molecule is CC/C(=C/C(c1ccccc1)c1ccccc1)CBr. The summed E-state index contributed by atoms with van der Waals surface area (Å²) in [6.07, 6.45) is 3.47. The van der Waals surface area contributed by atoms with Gasteiger partial charge >= 0.3 is 0 Å². The molecular formula is C18H19Br. The summed E-state index contributed by atoms with van der Waals surface area (Å²) in [7, 11) is 0. The highest BCUT2D eigenvalue weighted by atomic mass is 79.9. The Morgan fingerprint density at radius 1 is 0.947 bits per heavy atom. The lowest BCUT2D eigenvalue weighted by molar-refractivity contribution is 0.980. The van der Waals surface area contributed by atoms with Gasteiger partial charge in [0.05, 0.1) is 0 Å². The standard InChI is InChI=1S/C18H19Br/c1-2-15(14-19)13-18(16-9-5-3-6-10-16)17-11-7-4-8-12-17/h3-13,18H,2,14H2,1H3/b15-13-. The molecule has 0 radical (unpaired) electrons. The lowest BCUT2D eigenvalue weighted by Crippen LogP contribution is -1.99. The molecule has 0 aliphatic heterocycles. The Kier molecular flexibility index (Phi) is 5.41. The number of alkyl halides is 1. The zero-order valence-corrected chi connectivity index (χ0v) is 12.8. The summed E-state index contributed by atoms with van der Waals surface area (Å²) in [5, 5.41) is 0.944. The normalized spacial score (nSPS) is 11.8. The topological polar surface area (TPSA) is 0 Å². The fraction of sp³-hybridized carbons (Fsp3) is 0.222. The Balaban J connectivity index is 2.43. The van der Waals surface area contributed by atoms with Crippen molar-refractivity contribution < 1.29 is 0 Å². The highest BCUT2D eigenvalue weighted by Gasteiger charge is 2.11. The van der Waals surface area contributed by atoms with Crippen LogP contribution in [0.25, 0.3) is 0 Å². The van der Waals surface area contributed by atoms with Crippen molar-refractivity contribution >= 4 is 15.9 Å². The van der Waals surface area contributed by atoms with E-state index in [1.807, 2.05) is 0 Å². The summed E-state index contributed by atoms with van der Waals surface area (Å²) in [5.41, 5.74) is 4.14. The van der Waals surface area contributed by atoms with Crippen molar-refractivity contribution in [1.29, 1.82) is 0 Å². The fourth-order valence-corrected chi connectivity index (χ4v) is 2.78. The third-order valence-electron chi connectivity index (χ3n) is 3.35. The van der Waals surface area contributed by atoms with Gasteiger partial charge in [-0.1, -0.05) is 95.2 Å². The Morgan fingerprint density at radius 3 is 1.79 bits per heavy atom. The monoisotopic (exact) mass is 314 g/mol. The molecule has 19 heavy (non-hydrogen) atoms. The van der Waals surface area contributed by atoms with Gasteiger partial charge < -0.3 is 0 Å². The second kappa shape index (κ2) is 7.30. The molecular weight excluding hydrogens is 296 g/mol. The molecule has 1 heteroatoms. The summed E-state index contributed by atoms with van der Waals surface area (Å²) >= 11 is 3.58. The number of halogens is 1. The van der Waals surface area contributed by atoms with Gasteiger partial charge in [0.25, 0.3) is 0 Å². The van der Waals surface area contributed by atoms with Crippen LogP contribution in [0.1, 0.15) is 30.4 Å². The molecule has 0 N–H and O–H groups in total. The van der Waals surface area contributed by atoms with Gasteiger partial charge in [0.2, 0.25) is 0 Å². The predicted octanol–water partition coefficient (Wildman–Crippen LogP) is 5.55. The minimum absolute atomic E-state index is 0.342. The molecule has 0 saturated carbocycles. The van der Waals surface area contributed by atoms with E-state index in [-0.39, 0.29) is 0 Å². The molecule has 0 atom stereocenters. The molecule has 98 valence electrons. The van der Waals surface area contributed by atoms with E-state index >= 15 is 0 Å². The number of hydrogen-bond acceptors (Lipinski definition) is 0. The summed E-state index contributed by atoms with van der Waals surface area (Å²) in [5.74, 6) is 0.342. The lowest BCUT2D eigenvalue weighted by Gasteiger charge is -2.16. The molecule has 0 nitrogen and oxygen atoms in total. The summed E-state index contributed by atoms with van der Waals surface area (Å²) in [6, 6.07) is 21.4. The van der Waals surface area contributed by atoms with E-state index in [9.17, 15) is 0 Å². The number of allylic oxidation sites excluding steroid dienone is 2. The third-order valence-corrected chi connectivity index (χ3v) is 4.07. The van der Waals surface area contributed by atoms with Crippen LogP contribution < -0.4 is 0 Å². The Hall–Kier alpha value is -1.34. The van der Waals surface area contributed by atoms with Crippen molar-refractivity contribution in [3.05, 3.63) is 83.4 Å². The molecule has 0 unspecified atom stereocenters. The van der Waals surface area contributed by atoms with Crippen LogP contribution in [0.5, 0.6) is 0 Å². The van der Waals surface area contributed by atoms with E-state index in [0.717, 1.165) is 11.8 Å². The first-order valence-electron chi connectivity index (χ1n) is 6.70. The van der Waals surface area contributed by atoms with E-state index in [2.05, 4.69) is 89.6 Å². The van der Waals surface area contributed by atoms with Crippen LogP contribution in [0.4, 0.5) is 0 Å². The van der Waals surface area contributed by atoms with Crippen molar-refractivity contribution in [3.8, 4) is 0 Å². The van der Waals surface area contributed by atoms with Crippen molar-refractivity contribution in [2.75, 3.05) is 5.33 Å². The van der Waals surface area contributed by atoms with Crippen LogP contribution in [-0.4, -0.2) is 5.33 Å². The van der Waals surface area contributed by atoms with Crippen LogP contribution in [-0.2, 0) is 0 Å². The summed E-state index contributed by atoms with van der Waals surface area (Å²) in [4.78, 5) is 0. The maximum absolute atomic E-state index is 3.58. The highest BCUT2D eigenvalue weighted by Crippen LogP contribution is 2.28. The van der Waals surface area contributed by atoms with Crippen molar-refractivity contribution in [3.63, 3.8) is 0 Å². The first-order valence-corrected chi connectivity index (χ1v) is 7.82. The molecule has 0 aliphatic carbocycles. The second-order valence-electron chi connectivity index (χ2n) is 4.61. The van der Waals surface area contributed by atoms with Gasteiger partial charge in [0.1, 0.15) is 0 Å². The van der Waals surface area contributed by atoms with Crippen LogP contribution in [0.15, 0.2) is 72.3 Å². The number of rotatable bonds is 5. The highest BCUT2D eigenvalue weighted by molar-refractivity contribution is 9.09. The van der Waals surface area contributed by atoms with Gasteiger partial charge in [-0.15, -0.1) is 0 Å². The van der Waals surface area contributed by atoms with E-state index < -0.39 is 0 Å². The largest absolute Gasteiger partial charge is 0.0880 e. The van der Waals surface area contributed by atoms with Crippen molar-refractivity contribution in [2.24, 2.45) is 0 Å². The number of hydrogen-bond donors (Lipinski definition) is 0. The fourth-order valence-electron chi connectivity index (χ4n) is 2.20. The quantitative estimate of drug-likeness (QED) is 0.501. The molecule has 0 spiro atoms. The van der Waals surface area contributed by atoms with Crippen LogP contribution >= 0.6 is 15.9 Å². The van der Waals surface area contributed by atoms with Gasteiger partial charge in [-0.05, 0) is 17.5 Å². The van der Waals surface area contributed by atoms with E-state index in [0.29, 0.717) is 5.92 Å². The predicted molar refractivity (Wildman–Crippen MR) is 86.9 cm³/mol.